The molecule has 0 saturated carbocycles. The Labute approximate surface area is 171 Å². The quantitative estimate of drug-likeness (QED) is 0.604. The first-order valence-electron chi connectivity index (χ1n) is 8.85. The van der Waals surface area contributed by atoms with Gasteiger partial charge in [-0.25, -0.2) is 13.1 Å². The van der Waals surface area contributed by atoms with Crippen molar-refractivity contribution in [3.05, 3.63) is 94.5 Å². The third kappa shape index (κ3) is 4.93. The zero-order valence-corrected chi connectivity index (χ0v) is 17.3. The first-order chi connectivity index (χ1) is 13.4. The normalized spacial score (nSPS) is 12.5. The lowest BCUT2D eigenvalue weighted by Crippen LogP contribution is -2.29. The summed E-state index contributed by atoms with van der Waals surface area (Å²) in [4.78, 5) is 0.252. The van der Waals surface area contributed by atoms with Gasteiger partial charge in [0, 0.05) is 17.5 Å². The number of halogens is 1. The van der Waals surface area contributed by atoms with Crippen LogP contribution in [0.25, 0.3) is 0 Å². The summed E-state index contributed by atoms with van der Waals surface area (Å²) in [5.74, 6) is 0.585. The van der Waals surface area contributed by atoms with Crippen LogP contribution in [0.5, 0.6) is 5.75 Å². The molecular formula is C22H22ClNO3S. The molecule has 0 aliphatic rings. The molecule has 146 valence electrons. The van der Waals surface area contributed by atoms with Gasteiger partial charge < -0.3 is 4.74 Å². The molecule has 3 rings (SSSR count). The van der Waals surface area contributed by atoms with Crippen molar-refractivity contribution in [2.45, 2.75) is 17.7 Å². The molecule has 4 nitrogen and oxygen atoms in total. The Kier molecular flexibility index (Phi) is 6.39. The number of methoxy groups -OCH3 is 1. The van der Waals surface area contributed by atoms with E-state index in [1.165, 1.54) is 0 Å². The van der Waals surface area contributed by atoms with Crippen LogP contribution in [0.4, 0.5) is 0 Å². The Balaban J connectivity index is 1.88. The van der Waals surface area contributed by atoms with Crippen LogP contribution in [0, 0.1) is 6.92 Å². The molecule has 28 heavy (non-hydrogen) atoms. The molecule has 0 saturated heterocycles. The molecule has 0 aliphatic carbocycles. The van der Waals surface area contributed by atoms with E-state index in [2.05, 4.69) is 4.72 Å². The molecule has 0 spiro atoms. The van der Waals surface area contributed by atoms with Crippen LogP contribution < -0.4 is 9.46 Å². The Morgan fingerprint density at radius 1 is 0.893 bits per heavy atom. The van der Waals surface area contributed by atoms with Crippen LogP contribution in [0.3, 0.4) is 0 Å². The van der Waals surface area contributed by atoms with Crippen molar-refractivity contribution in [1.29, 1.82) is 0 Å². The Hall–Kier alpha value is -2.34. The molecule has 3 aromatic rings. The number of aryl methyl sites for hydroxylation is 1. The van der Waals surface area contributed by atoms with Crippen molar-refractivity contribution in [3.8, 4) is 5.75 Å². The number of benzene rings is 3. The smallest absolute Gasteiger partial charge is 0.240 e. The highest BCUT2D eigenvalue weighted by atomic mass is 35.5. The second-order valence-corrected chi connectivity index (χ2v) is 8.75. The van der Waals surface area contributed by atoms with Crippen molar-refractivity contribution in [1.82, 2.24) is 4.72 Å². The average Bonchev–Trinajstić information content (AvgIpc) is 2.70. The summed E-state index contributed by atoms with van der Waals surface area (Å²) >= 11 is 6.02. The van der Waals surface area contributed by atoms with E-state index >= 15 is 0 Å². The molecule has 3 aromatic carbocycles. The van der Waals surface area contributed by atoms with Crippen molar-refractivity contribution >= 4 is 21.6 Å². The zero-order valence-electron chi connectivity index (χ0n) is 15.7. The van der Waals surface area contributed by atoms with Crippen LogP contribution >= 0.6 is 11.6 Å². The predicted octanol–water partition coefficient (Wildman–Crippen LogP) is 4.77. The van der Waals surface area contributed by atoms with E-state index in [9.17, 15) is 8.42 Å². The van der Waals surface area contributed by atoms with Crippen molar-refractivity contribution < 1.29 is 13.2 Å². The number of rotatable bonds is 7. The summed E-state index contributed by atoms with van der Waals surface area (Å²) < 4.78 is 33.4. The Morgan fingerprint density at radius 3 is 1.96 bits per heavy atom. The molecule has 0 aromatic heterocycles. The maximum Gasteiger partial charge on any atom is 0.240 e. The van der Waals surface area contributed by atoms with Gasteiger partial charge in [-0.15, -0.1) is 0 Å². The predicted molar refractivity (Wildman–Crippen MR) is 113 cm³/mol. The molecule has 6 heteroatoms. The largest absolute Gasteiger partial charge is 0.497 e. The molecule has 1 unspecified atom stereocenters. The van der Waals surface area contributed by atoms with Crippen LogP contribution in [0.1, 0.15) is 22.6 Å². The highest BCUT2D eigenvalue weighted by molar-refractivity contribution is 7.89. The van der Waals surface area contributed by atoms with Crippen LogP contribution in [-0.4, -0.2) is 22.1 Å². The fourth-order valence-electron chi connectivity index (χ4n) is 2.95. The molecule has 0 amide bonds. The van der Waals surface area contributed by atoms with E-state index in [1.54, 1.807) is 31.4 Å². The third-order valence-corrected chi connectivity index (χ3v) is 6.29. The van der Waals surface area contributed by atoms with E-state index in [1.807, 2.05) is 55.5 Å². The number of sulfonamides is 1. The zero-order chi connectivity index (χ0) is 20.1. The lowest BCUT2D eigenvalue weighted by molar-refractivity contribution is 0.414. The maximum absolute atomic E-state index is 12.7. The SMILES string of the molecule is COc1ccc(C(CNS(=O)(=O)c2ccc(C)cc2)c2ccc(Cl)cc2)cc1. The lowest BCUT2D eigenvalue weighted by atomic mass is 9.91. The van der Waals surface area contributed by atoms with Crippen LogP contribution in [0.2, 0.25) is 5.02 Å². The molecule has 1 N–H and O–H groups in total. The van der Waals surface area contributed by atoms with Gasteiger partial charge in [-0.2, -0.15) is 0 Å². The van der Waals surface area contributed by atoms with Gasteiger partial charge in [0.25, 0.3) is 0 Å². The first-order valence-corrected chi connectivity index (χ1v) is 10.7. The molecule has 0 aliphatic heterocycles. The molecule has 0 bridgehead atoms. The van der Waals surface area contributed by atoms with E-state index in [-0.39, 0.29) is 17.4 Å². The molecule has 1 atom stereocenters. The van der Waals surface area contributed by atoms with E-state index in [0.717, 1.165) is 22.4 Å². The molecule has 0 heterocycles. The minimum Gasteiger partial charge on any atom is -0.497 e. The van der Waals surface area contributed by atoms with Crippen LogP contribution in [0.15, 0.2) is 77.7 Å². The summed E-state index contributed by atoms with van der Waals surface area (Å²) in [6.07, 6.45) is 0. The molecular weight excluding hydrogens is 394 g/mol. The highest BCUT2D eigenvalue weighted by Crippen LogP contribution is 2.27. The standard InChI is InChI=1S/C22H22ClNO3S/c1-16-3-13-21(14-4-16)28(25,26)24-15-22(17-5-9-19(23)10-6-17)18-7-11-20(27-2)12-8-18/h3-14,22,24H,15H2,1-2H3. The van der Waals surface area contributed by atoms with Gasteiger partial charge in [0.1, 0.15) is 5.75 Å². The molecule has 0 radical (unpaired) electrons. The van der Waals surface area contributed by atoms with Gasteiger partial charge in [0.15, 0.2) is 0 Å². The summed E-state index contributed by atoms with van der Waals surface area (Å²) in [5, 5.41) is 0.637. The summed E-state index contributed by atoms with van der Waals surface area (Å²) in [7, 11) is -2.00. The monoisotopic (exact) mass is 415 g/mol. The maximum atomic E-state index is 12.7. The fourth-order valence-corrected chi connectivity index (χ4v) is 4.13. The Bertz CT molecular complexity index is 1010. The summed E-state index contributed by atoms with van der Waals surface area (Å²) in [6, 6.07) is 21.9. The van der Waals surface area contributed by atoms with Crippen LogP contribution in [-0.2, 0) is 10.0 Å². The number of hydrogen-bond acceptors (Lipinski definition) is 3. The van der Waals surface area contributed by atoms with Gasteiger partial charge in [-0.3, -0.25) is 0 Å². The van der Waals surface area contributed by atoms with Gasteiger partial charge in [-0.1, -0.05) is 53.6 Å². The highest BCUT2D eigenvalue weighted by Gasteiger charge is 2.20. The second kappa shape index (κ2) is 8.78. The number of ether oxygens (including phenoxy) is 1. The lowest BCUT2D eigenvalue weighted by Gasteiger charge is -2.19. The van der Waals surface area contributed by atoms with Crippen molar-refractivity contribution in [2.24, 2.45) is 0 Å². The second-order valence-electron chi connectivity index (χ2n) is 6.54. The first kappa shape index (κ1) is 20.4. The van der Waals surface area contributed by atoms with Gasteiger partial charge in [0.2, 0.25) is 10.0 Å². The summed E-state index contributed by atoms with van der Waals surface area (Å²) in [6.45, 7) is 2.15. The number of nitrogens with one attached hydrogen (secondary N) is 1. The third-order valence-electron chi connectivity index (χ3n) is 4.60. The summed E-state index contributed by atoms with van der Waals surface area (Å²) in [5.41, 5.74) is 2.96. The number of hydrogen-bond donors (Lipinski definition) is 1. The van der Waals surface area contributed by atoms with E-state index in [4.69, 9.17) is 16.3 Å². The molecule has 0 fully saturated rings. The van der Waals surface area contributed by atoms with E-state index in [0.29, 0.717) is 5.02 Å². The van der Waals surface area contributed by atoms with Gasteiger partial charge in [-0.05, 0) is 54.4 Å². The minimum absolute atomic E-state index is 0.164. The minimum atomic E-state index is -3.61. The topological polar surface area (TPSA) is 55.4 Å². The average molecular weight is 416 g/mol. The van der Waals surface area contributed by atoms with Crippen molar-refractivity contribution in [3.63, 3.8) is 0 Å². The van der Waals surface area contributed by atoms with Gasteiger partial charge >= 0.3 is 0 Å². The van der Waals surface area contributed by atoms with Crippen molar-refractivity contribution in [2.75, 3.05) is 13.7 Å². The Morgan fingerprint density at radius 2 is 1.43 bits per heavy atom. The van der Waals surface area contributed by atoms with E-state index < -0.39 is 10.0 Å². The fraction of sp³-hybridized carbons (Fsp3) is 0.182. The van der Waals surface area contributed by atoms with Gasteiger partial charge in [0.05, 0.1) is 12.0 Å².